The molecule has 0 aromatic heterocycles. The molecule has 0 aliphatic carbocycles. The second-order valence-electron chi connectivity index (χ2n) is 4.30. The van der Waals surface area contributed by atoms with E-state index in [0.717, 1.165) is 0 Å². The van der Waals surface area contributed by atoms with Crippen molar-refractivity contribution in [2.24, 2.45) is 5.73 Å². The van der Waals surface area contributed by atoms with Crippen molar-refractivity contribution in [3.05, 3.63) is 35.4 Å². The van der Waals surface area contributed by atoms with Crippen molar-refractivity contribution >= 4 is 5.97 Å². The number of alkyl halides is 1. The topological polar surface area (TPSA) is 63.3 Å². The lowest BCUT2D eigenvalue weighted by atomic mass is 9.96. The fourth-order valence-electron chi connectivity index (χ4n) is 1.43. The van der Waals surface area contributed by atoms with E-state index in [0.29, 0.717) is 11.1 Å². The summed E-state index contributed by atoms with van der Waals surface area (Å²) in [5.41, 5.74) is 5.55. The van der Waals surface area contributed by atoms with E-state index in [4.69, 9.17) is 10.8 Å². The summed E-state index contributed by atoms with van der Waals surface area (Å²) in [5.74, 6) is -0.942. The molecule has 16 heavy (non-hydrogen) atoms. The first kappa shape index (κ1) is 12.6. The van der Waals surface area contributed by atoms with E-state index in [1.807, 2.05) is 0 Å². The molecular weight excluding hydrogens is 209 g/mol. The fourth-order valence-corrected chi connectivity index (χ4v) is 1.43. The largest absolute Gasteiger partial charge is 0.481 e. The SMILES string of the molecule is CC(C)(F)c1ccc(C(N)CC(=O)O)cc1. The minimum atomic E-state index is -1.39. The fraction of sp³-hybridized carbons (Fsp3) is 0.417. The van der Waals surface area contributed by atoms with E-state index < -0.39 is 17.7 Å². The van der Waals surface area contributed by atoms with Gasteiger partial charge in [-0.1, -0.05) is 24.3 Å². The van der Waals surface area contributed by atoms with Gasteiger partial charge in [-0.15, -0.1) is 0 Å². The molecule has 3 nitrogen and oxygen atoms in total. The number of carbonyl (C=O) groups is 1. The quantitative estimate of drug-likeness (QED) is 0.826. The van der Waals surface area contributed by atoms with Crippen LogP contribution in [0.5, 0.6) is 0 Å². The number of carboxylic acids is 1. The van der Waals surface area contributed by atoms with Crippen molar-refractivity contribution in [2.75, 3.05) is 0 Å². The molecule has 0 spiro atoms. The predicted molar refractivity (Wildman–Crippen MR) is 59.8 cm³/mol. The Kier molecular flexibility index (Phi) is 3.65. The first-order valence-corrected chi connectivity index (χ1v) is 5.07. The van der Waals surface area contributed by atoms with Gasteiger partial charge in [0, 0.05) is 6.04 Å². The van der Waals surface area contributed by atoms with Gasteiger partial charge in [0.05, 0.1) is 6.42 Å². The normalized spacial score (nSPS) is 13.5. The van der Waals surface area contributed by atoms with E-state index in [1.165, 1.54) is 13.8 Å². The minimum absolute atomic E-state index is 0.127. The van der Waals surface area contributed by atoms with Crippen LogP contribution in [-0.4, -0.2) is 11.1 Å². The molecule has 1 aromatic rings. The molecule has 0 heterocycles. The van der Waals surface area contributed by atoms with Crippen molar-refractivity contribution in [2.45, 2.75) is 32.0 Å². The third-order valence-electron chi connectivity index (χ3n) is 2.42. The van der Waals surface area contributed by atoms with Crippen molar-refractivity contribution in [3.8, 4) is 0 Å². The van der Waals surface area contributed by atoms with E-state index in [-0.39, 0.29) is 6.42 Å². The van der Waals surface area contributed by atoms with Crippen LogP contribution in [-0.2, 0) is 10.5 Å². The van der Waals surface area contributed by atoms with Gasteiger partial charge < -0.3 is 10.8 Å². The van der Waals surface area contributed by atoms with Gasteiger partial charge >= 0.3 is 5.97 Å². The Labute approximate surface area is 94.1 Å². The van der Waals surface area contributed by atoms with Crippen molar-refractivity contribution in [1.82, 2.24) is 0 Å². The Morgan fingerprint density at radius 3 is 2.31 bits per heavy atom. The second kappa shape index (κ2) is 4.61. The van der Waals surface area contributed by atoms with Gasteiger partial charge in [-0.3, -0.25) is 4.79 Å². The molecule has 1 aromatic carbocycles. The molecule has 0 saturated carbocycles. The lowest BCUT2D eigenvalue weighted by Crippen LogP contribution is -2.15. The molecule has 0 aliphatic heterocycles. The Morgan fingerprint density at radius 1 is 1.44 bits per heavy atom. The maximum atomic E-state index is 13.5. The zero-order valence-corrected chi connectivity index (χ0v) is 9.40. The van der Waals surface area contributed by atoms with Crippen LogP contribution >= 0.6 is 0 Å². The van der Waals surface area contributed by atoms with Crippen molar-refractivity contribution < 1.29 is 14.3 Å². The number of halogens is 1. The van der Waals surface area contributed by atoms with Gasteiger partial charge in [0.25, 0.3) is 0 Å². The van der Waals surface area contributed by atoms with Crippen LogP contribution in [0.2, 0.25) is 0 Å². The van der Waals surface area contributed by atoms with Crippen molar-refractivity contribution in [3.63, 3.8) is 0 Å². The third-order valence-corrected chi connectivity index (χ3v) is 2.42. The molecule has 1 rings (SSSR count). The summed E-state index contributed by atoms with van der Waals surface area (Å²) in [4.78, 5) is 10.5. The van der Waals surface area contributed by atoms with Gasteiger partial charge in [-0.05, 0) is 25.0 Å². The molecule has 3 N–H and O–H groups in total. The highest BCUT2D eigenvalue weighted by Gasteiger charge is 2.19. The Bertz CT molecular complexity index is 368. The predicted octanol–water partition coefficient (Wildman–Crippen LogP) is 2.37. The van der Waals surface area contributed by atoms with Gasteiger partial charge in [0.15, 0.2) is 0 Å². The second-order valence-corrected chi connectivity index (χ2v) is 4.30. The average Bonchev–Trinajstić information content (AvgIpc) is 2.15. The third kappa shape index (κ3) is 3.31. The summed E-state index contributed by atoms with van der Waals surface area (Å²) >= 11 is 0. The molecule has 0 bridgehead atoms. The van der Waals surface area contributed by atoms with Gasteiger partial charge in [0.1, 0.15) is 5.67 Å². The number of aliphatic carboxylic acids is 1. The lowest BCUT2D eigenvalue weighted by molar-refractivity contribution is -0.137. The van der Waals surface area contributed by atoms with Crippen LogP contribution in [0.15, 0.2) is 24.3 Å². The average molecular weight is 225 g/mol. The maximum absolute atomic E-state index is 13.5. The van der Waals surface area contributed by atoms with Crippen LogP contribution in [0.3, 0.4) is 0 Å². The molecule has 4 heteroatoms. The van der Waals surface area contributed by atoms with Crippen LogP contribution < -0.4 is 5.73 Å². The van der Waals surface area contributed by atoms with E-state index in [9.17, 15) is 9.18 Å². The zero-order valence-electron chi connectivity index (χ0n) is 9.40. The number of carboxylic acid groups (broad SMARTS) is 1. The van der Waals surface area contributed by atoms with Crippen LogP contribution in [0.4, 0.5) is 4.39 Å². The first-order valence-electron chi connectivity index (χ1n) is 5.07. The van der Waals surface area contributed by atoms with Crippen LogP contribution in [0, 0.1) is 0 Å². The number of nitrogens with two attached hydrogens (primary N) is 1. The highest BCUT2D eigenvalue weighted by atomic mass is 19.1. The molecule has 0 saturated heterocycles. The number of benzene rings is 1. The smallest absolute Gasteiger partial charge is 0.305 e. The standard InChI is InChI=1S/C12H16FNO2/c1-12(2,13)9-5-3-8(4-6-9)10(14)7-11(15)16/h3-6,10H,7,14H2,1-2H3,(H,15,16). The first-order chi connectivity index (χ1) is 7.30. The lowest BCUT2D eigenvalue weighted by Gasteiger charge is -2.16. The maximum Gasteiger partial charge on any atom is 0.305 e. The summed E-state index contributed by atoms with van der Waals surface area (Å²) in [6.07, 6.45) is -0.127. The van der Waals surface area contributed by atoms with Crippen LogP contribution in [0.1, 0.15) is 37.4 Å². The molecule has 0 radical (unpaired) electrons. The summed E-state index contributed by atoms with van der Waals surface area (Å²) in [6.45, 7) is 2.94. The molecule has 1 atom stereocenters. The van der Waals surface area contributed by atoms with E-state index in [2.05, 4.69) is 0 Å². The molecule has 0 amide bonds. The molecule has 0 aliphatic rings. The molecule has 0 fully saturated rings. The highest BCUT2D eigenvalue weighted by molar-refractivity contribution is 5.67. The van der Waals surface area contributed by atoms with Gasteiger partial charge in [-0.25, -0.2) is 4.39 Å². The Morgan fingerprint density at radius 2 is 1.94 bits per heavy atom. The van der Waals surface area contributed by atoms with E-state index in [1.54, 1.807) is 24.3 Å². The van der Waals surface area contributed by atoms with Crippen LogP contribution in [0.25, 0.3) is 0 Å². The van der Waals surface area contributed by atoms with Gasteiger partial charge in [-0.2, -0.15) is 0 Å². The molecular formula is C12H16FNO2. The molecule has 88 valence electrons. The number of hydrogen-bond donors (Lipinski definition) is 2. The summed E-state index contributed by atoms with van der Waals surface area (Å²) < 4.78 is 13.5. The summed E-state index contributed by atoms with van der Waals surface area (Å²) in [6, 6.07) is 6.07. The van der Waals surface area contributed by atoms with Gasteiger partial charge in [0.2, 0.25) is 0 Å². The Hall–Kier alpha value is -1.42. The monoisotopic (exact) mass is 225 g/mol. The van der Waals surface area contributed by atoms with E-state index >= 15 is 0 Å². The minimum Gasteiger partial charge on any atom is -0.481 e. The number of rotatable bonds is 4. The zero-order chi connectivity index (χ0) is 12.3. The number of hydrogen-bond acceptors (Lipinski definition) is 2. The summed E-state index contributed by atoms with van der Waals surface area (Å²) in [5, 5.41) is 8.59. The Balaban J connectivity index is 2.83. The highest BCUT2D eigenvalue weighted by Crippen LogP contribution is 2.25. The molecule has 1 unspecified atom stereocenters. The summed E-state index contributed by atoms with van der Waals surface area (Å²) in [7, 11) is 0. The van der Waals surface area contributed by atoms with Crippen molar-refractivity contribution in [1.29, 1.82) is 0 Å².